The van der Waals surface area contributed by atoms with Gasteiger partial charge in [-0.25, -0.2) is 4.98 Å². The van der Waals surface area contributed by atoms with Gasteiger partial charge in [-0.3, -0.25) is 4.90 Å². The maximum absolute atomic E-state index is 10.1. The minimum Gasteiger partial charge on any atom is -0.504 e. The number of aromatic nitrogens is 3. The van der Waals surface area contributed by atoms with E-state index in [0.717, 1.165) is 65.3 Å². The Kier molecular flexibility index (Phi) is 5.06. The molecule has 0 saturated carbocycles. The van der Waals surface area contributed by atoms with Crippen LogP contribution < -0.4 is 25.7 Å². The van der Waals surface area contributed by atoms with Gasteiger partial charge in [0.2, 0.25) is 17.8 Å². The summed E-state index contributed by atoms with van der Waals surface area (Å²) in [6.07, 6.45) is 1.68. The lowest BCUT2D eigenvalue weighted by molar-refractivity contribution is -0.367. The van der Waals surface area contributed by atoms with Gasteiger partial charge in [0.1, 0.15) is 5.39 Å². The summed E-state index contributed by atoms with van der Waals surface area (Å²) in [6.45, 7) is 3.15. The van der Waals surface area contributed by atoms with Crippen LogP contribution >= 0.6 is 12.2 Å². The standard InChI is InChI=1S/C22H23N7O2S/c1-31-18-10-15-16(11-17(18)30)27-20-19(15)21(25-12-24-20)28-6-8-29(9-7-28)22(32)26-14-4-2-13(23)3-5-14/h2-5,10-12,30H,6-9,23H2,1H3,(H,26,32)(H,24,25,27)/p+1. The number of fused-ring (bicyclic) bond motifs is 3. The molecule has 164 valence electrons. The molecule has 0 radical (unpaired) electrons. The Morgan fingerprint density at radius 1 is 1.22 bits per heavy atom. The van der Waals surface area contributed by atoms with Crippen molar-refractivity contribution in [3.63, 3.8) is 0 Å². The highest BCUT2D eigenvalue weighted by Crippen LogP contribution is 2.37. The van der Waals surface area contributed by atoms with Gasteiger partial charge in [-0.2, -0.15) is 0 Å². The molecule has 9 nitrogen and oxygen atoms in total. The third-order valence-electron chi connectivity index (χ3n) is 5.76. The van der Waals surface area contributed by atoms with Gasteiger partial charge >= 0.3 is 0 Å². The number of nitrogens with two attached hydrogens (primary N) is 1. The number of nitrogens with one attached hydrogen (secondary N) is 3. The van der Waals surface area contributed by atoms with E-state index >= 15 is 0 Å². The number of piperazine rings is 1. The molecule has 1 aliphatic rings. The number of methoxy groups -OCH3 is 1. The van der Waals surface area contributed by atoms with Gasteiger partial charge < -0.3 is 30.8 Å². The first-order chi connectivity index (χ1) is 15.5. The third-order valence-corrected chi connectivity index (χ3v) is 6.12. The fourth-order valence-corrected chi connectivity index (χ4v) is 4.38. The summed E-state index contributed by atoms with van der Waals surface area (Å²) >= 11 is 5.62. The van der Waals surface area contributed by atoms with E-state index in [4.69, 9.17) is 22.7 Å². The van der Waals surface area contributed by atoms with Gasteiger partial charge in [-0.05, 0) is 42.5 Å². The Labute approximate surface area is 189 Å². The third kappa shape index (κ3) is 3.58. The van der Waals surface area contributed by atoms with Crippen molar-refractivity contribution in [2.24, 2.45) is 0 Å². The van der Waals surface area contributed by atoms with E-state index < -0.39 is 0 Å². The van der Waals surface area contributed by atoms with Gasteiger partial charge in [0.15, 0.2) is 16.6 Å². The van der Waals surface area contributed by atoms with Gasteiger partial charge in [-0.1, -0.05) is 4.98 Å². The van der Waals surface area contributed by atoms with Crippen molar-refractivity contribution >= 4 is 56.5 Å². The molecule has 0 bridgehead atoms. The predicted octanol–water partition coefficient (Wildman–Crippen LogP) is 2.35. The van der Waals surface area contributed by atoms with Crippen LogP contribution in [0, 0.1) is 0 Å². The van der Waals surface area contributed by atoms with Gasteiger partial charge in [0.25, 0.3) is 0 Å². The number of thiocarbonyl (C=S) groups is 1. The number of ether oxygens (including phenoxy) is 1. The molecule has 0 aliphatic carbocycles. The Bertz CT molecular complexity index is 1300. The van der Waals surface area contributed by atoms with Gasteiger partial charge in [0.05, 0.1) is 38.8 Å². The average molecular weight is 451 g/mol. The van der Waals surface area contributed by atoms with Crippen LogP contribution in [0.2, 0.25) is 0 Å². The molecule has 3 heterocycles. The largest absolute Gasteiger partial charge is 0.504 e. The molecule has 0 spiro atoms. The van der Waals surface area contributed by atoms with Crippen LogP contribution in [0.25, 0.3) is 21.9 Å². The highest BCUT2D eigenvalue weighted by Gasteiger charge is 2.27. The van der Waals surface area contributed by atoms with Crippen LogP contribution in [0.4, 0.5) is 17.2 Å². The second kappa shape index (κ2) is 8.04. The Morgan fingerprint density at radius 2 is 1.97 bits per heavy atom. The maximum atomic E-state index is 10.1. The number of aromatic amines is 2. The summed E-state index contributed by atoms with van der Waals surface area (Å²) in [4.78, 5) is 15.5. The van der Waals surface area contributed by atoms with Crippen LogP contribution in [0.1, 0.15) is 0 Å². The quantitative estimate of drug-likeness (QED) is 0.278. The highest BCUT2D eigenvalue weighted by atomic mass is 32.1. The van der Waals surface area contributed by atoms with E-state index in [9.17, 15) is 5.11 Å². The van der Waals surface area contributed by atoms with E-state index in [-0.39, 0.29) is 5.75 Å². The second-order valence-electron chi connectivity index (χ2n) is 7.70. The molecule has 10 heteroatoms. The number of nitrogen functional groups attached to an aromatic ring is 1. The molecule has 5 rings (SSSR count). The van der Waals surface area contributed by atoms with Crippen molar-refractivity contribution in [2.75, 3.05) is 49.2 Å². The molecule has 1 saturated heterocycles. The van der Waals surface area contributed by atoms with Gasteiger partial charge in [0, 0.05) is 22.8 Å². The molecule has 1 aliphatic heterocycles. The number of H-pyrrole nitrogens is 2. The zero-order valence-electron chi connectivity index (χ0n) is 17.6. The van der Waals surface area contributed by atoms with Crippen LogP contribution in [-0.2, 0) is 0 Å². The van der Waals surface area contributed by atoms with Crippen LogP contribution in [-0.4, -0.2) is 58.4 Å². The summed E-state index contributed by atoms with van der Waals surface area (Å²) in [5.74, 6) is 1.50. The maximum Gasteiger partial charge on any atom is 0.234 e. The van der Waals surface area contributed by atoms with Crippen LogP contribution in [0.3, 0.4) is 0 Å². The van der Waals surface area contributed by atoms with Crippen LogP contribution in [0.5, 0.6) is 11.5 Å². The Balaban J connectivity index is 1.37. The Hall–Kier alpha value is -3.79. The number of nitrogens with zero attached hydrogens (tertiary/aromatic N) is 3. The SMILES string of the molecule is COc1cc2c(cc1O)[nH]c1nc[nH+]c(N3CCN(C(=S)Nc4ccc(N)cc4)CC3)c12. The molecular weight excluding hydrogens is 426 g/mol. The molecule has 2 aromatic carbocycles. The second-order valence-corrected chi connectivity index (χ2v) is 8.08. The van der Waals surface area contributed by atoms with E-state index in [1.165, 1.54) is 0 Å². The first-order valence-electron chi connectivity index (χ1n) is 10.3. The molecule has 6 N–H and O–H groups in total. The fourth-order valence-electron chi connectivity index (χ4n) is 4.08. The number of anilines is 3. The zero-order valence-corrected chi connectivity index (χ0v) is 18.4. The van der Waals surface area contributed by atoms with Crippen molar-refractivity contribution in [2.45, 2.75) is 0 Å². The van der Waals surface area contributed by atoms with Crippen molar-refractivity contribution in [3.8, 4) is 11.5 Å². The van der Waals surface area contributed by atoms with Crippen molar-refractivity contribution in [3.05, 3.63) is 42.7 Å². The first kappa shape index (κ1) is 20.1. The lowest BCUT2D eigenvalue weighted by atomic mass is 10.1. The minimum atomic E-state index is 0.0906. The molecule has 4 aromatic rings. The molecule has 32 heavy (non-hydrogen) atoms. The summed E-state index contributed by atoms with van der Waals surface area (Å²) in [5.41, 5.74) is 8.96. The number of phenols is 1. The Morgan fingerprint density at radius 3 is 2.69 bits per heavy atom. The average Bonchev–Trinajstić information content (AvgIpc) is 3.17. The summed E-state index contributed by atoms with van der Waals surface area (Å²) < 4.78 is 5.31. The normalized spacial score (nSPS) is 14.2. The first-order valence-corrected chi connectivity index (χ1v) is 10.7. The van der Waals surface area contributed by atoms with Crippen molar-refractivity contribution in [1.82, 2.24) is 14.9 Å². The summed E-state index contributed by atoms with van der Waals surface area (Å²) in [7, 11) is 1.54. The van der Waals surface area contributed by atoms with E-state index in [0.29, 0.717) is 10.9 Å². The number of aromatic hydroxyl groups is 1. The molecule has 0 unspecified atom stereocenters. The minimum absolute atomic E-state index is 0.0906. The van der Waals surface area contributed by atoms with Crippen molar-refractivity contribution in [1.29, 1.82) is 0 Å². The van der Waals surface area contributed by atoms with Crippen molar-refractivity contribution < 1.29 is 14.8 Å². The summed E-state index contributed by atoms with van der Waals surface area (Å²) in [5, 5.41) is 16.0. The molecular formula is C22H24N7O2S+. The van der Waals surface area contributed by atoms with E-state index in [1.807, 2.05) is 30.3 Å². The fraction of sp³-hybridized carbons (Fsp3) is 0.227. The predicted molar refractivity (Wildman–Crippen MR) is 129 cm³/mol. The lowest BCUT2D eigenvalue weighted by Crippen LogP contribution is -2.51. The molecule has 0 amide bonds. The number of hydrogen-bond acceptors (Lipinski definition) is 6. The van der Waals surface area contributed by atoms with E-state index in [2.05, 4.69) is 30.1 Å². The van der Waals surface area contributed by atoms with Crippen LogP contribution in [0.15, 0.2) is 42.7 Å². The molecule has 0 atom stereocenters. The monoisotopic (exact) mass is 450 g/mol. The number of rotatable bonds is 3. The number of benzene rings is 2. The lowest BCUT2D eigenvalue weighted by Gasteiger charge is -2.34. The molecule has 2 aromatic heterocycles. The topological polar surface area (TPSA) is 117 Å². The summed E-state index contributed by atoms with van der Waals surface area (Å²) in [6, 6.07) is 11.0. The van der Waals surface area contributed by atoms with Gasteiger partial charge in [-0.15, -0.1) is 0 Å². The zero-order chi connectivity index (χ0) is 22.2. The number of phenolic OH excluding ortho intramolecular Hbond substituents is 1. The van der Waals surface area contributed by atoms with E-state index in [1.54, 1.807) is 19.5 Å². The smallest absolute Gasteiger partial charge is 0.234 e. The number of hydrogen-bond donors (Lipinski definition) is 4. The molecule has 1 fully saturated rings. The highest BCUT2D eigenvalue weighted by molar-refractivity contribution is 7.80.